The molecule has 1 fully saturated rings. The Labute approximate surface area is 64.6 Å². The Hall–Kier alpha value is -1.06. The molecule has 0 radical (unpaired) electrons. The SMILES string of the molecule is O=C(O)CNC(=O)CC1CC1. The van der Waals surface area contributed by atoms with Crippen molar-refractivity contribution in [1.29, 1.82) is 0 Å². The van der Waals surface area contributed by atoms with Crippen molar-refractivity contribution < 1.29 is 14.7 Å². The van der Waals surface area contributed by atoms with Gasteiger partial charge in [-0.3, -0.25) is 9.59 Å². The first kappa shape index (κ1) is 8.04. The van der Waals surface area contributed by atoms with Crippen LogP contribution >= 0.6 is 0 Å². The maximum atomic E-state index is 10.8. The van der Waals surface area contributed by atoms with Gasteiger partial charge in [0.2, 0.25) is 5.91 Å². The number of carbonyl (C=O) groups is 2. The zero-order chi connectivity index (χ0) is 8.27. The Bertz CT molecular complexity index is 175. The summed E-state index contributed by atoms with van der Waals surface area (Å²) in [4.78, 5) is 20.8. The second-order valence-corrected chi connectivity index (χ2v) is 2.82. The van der Waals surface area contributed by atoms with Crippen LogP contribution in [0, 0.1) is 5.92 Å². The molecule has 0 aromatic rings. The Morgan fingerprint density at radius 3 is 2.55 bits per heavy atom. The van der Waals surface area contributed by atoms with Crippen LogP contribution in [0.4, 0.5) is 0 Å². The van der Waals surface area contributed by atoms with E-state index in [0.717, 1.165) is 12.8 Å². The molecule has 4 heteroatoms. The van der Waals surface area contributed by atoms with Gasteiger partial charge in [0.1, 0.15) is 6.54 Å². The molecule has 0 aromatic heterocycles. The third kappa shape index (κ3) is 3.60. The number of rotatable bonds is 4. The highest BCUT2D eigenvalue weighted by Crippen LogP contribution is 2.31. The summed E-state index contributed by atoms with van der Waals surface area (Å²) in [5.74, 6) is -0.618. The Morgan fingerprint density at radius 1 is 1.45 bits per heavy atom. The Balaban J connectivity index is 2.04. The normalized spacial score (nSPS) is 16.0. The van der Waals surface area contributed by atoms with E-state index in [4.69, 9.17) is 5.11 Å². The van der Waals surface area contributed by atoms with Crippen LogP contribution in [0.5, 0.6) is 0 Å². The van der Waals surface area contributed by atoms with E-state index >= 15 is 0 Å². The quantitative estimate of drug-likeness (QED) is 0.603. The average Bonchev–Trinajstić information content (AvgIpc) is 2.67. The fourth-order valence-electron chi connectivity index (χ4n) is 0.831. The summed E-state index contributed by atoms with van der Waals surface area (Å²) in [7, 11) is 0. The number of nitrogens with one attached hydrogen (secondary N) is 1. The fourth-order valence-corrected chi connectivity index (χ4v) is 0.831. The Kier molecular flexibility index (Phi) is 2.46. The van der Waals surface area contributed by atoms with Gasteiger partial charge in [0.25, 0.3) is 0 Å². The van der Waals surface area contributed by atoms with Crippen LogP contribution in [-0.2, 0) is 9.59 Å². The smallest absolute Gasteiger partial charge is 0.322 e. The predicted molar refractivity (Wildman–Crippen MR) is 38.0 cm³/mol. The van der Waals surface area contributed by atoms with Crippen LogP contribution in [-0.4, -0.2) is 23.5 Å². The summed E-state index contributed by atoms with van der Waals surface area (Å²) >= 11 is 0. The van der Waals surface area contributed by atoms with Crippen molar-refractivity contribution in [2.24, 2.45) is 5.92 Å². The number of carboxylic acid groups (broad SMARTS) is 1. The third-order valence-corrected chi connectivity index (χ3v) is 1.61. The lowest BCUT2D eigenvalue weighted by Crippen LogP contribution is -2.29. The van der Waals surface area contributed by atoms with Crippen LogP contribution in [0.3, 0.4) is 0 Å². The van der Waals surface area contributed by atoms with Crippen LogP contribution in [0.25, 0.3) is 0 Å². The highest BCUT2D eigenvalue weighted by atomic mass is 16.4. The van der Waals surface area contributed by atoms with Crippen molar-refractivity contribution in [2.75, 3.05) is 6.54 Å². The Morgan fingerprint density at radius 2 is 2.09 bits per heavy atom. The van der Waals surface area contributed by atoms with E-state index in [-0.39, 0.29) is 12.5 Å². The molecule has 0 atom stereocenters. The van der Waals surface area contributed by atoms with Gasteiger partial charge in [-0.2, -0.15) is 0 Å². The molecule has 4 nitrogen and oxygen atoms in total. The highest BCUT2D eigenvalue weighted by Gasteiger charge is 2.24. The van der Waals surface area contributed by atoms with Gasteiger partial charge in [0, 0.05) is 6.42 Å². The molecule has 0 aliphatic heterocycles. The summed E-state index contributed by atoms with van der Waals surface area (Å²) in [6, 6.07) is 0. The lowest BCUT2D eigenvalue weighted by atomic mass is 10.3. The monoisotopic (exact) mass is 157 g/mol. The van der Waals surface area contributed by atoms with Crippen molar-refractivity contribution in [3.05, 3.63) is 0 Å². The molecule has 2 N–H and O–H groups in total. The fraction of sp³-hybridized carbons (Fsp3) is 0.714. The molecule has 1 amide bonds. The molecule has 0 bridgehead atoms. The number of aliphatic carboxylic acids is 1. The molecule has 1 saturated carbocycles. The number of carboxylic acids is 1. The lowest BCUT2D eigenvalue weighted by Gasteiger charge is -1.99. The van der Waals surface area contributed by atoms with E-state index in [1.807, 2.05) is 0 Å². The van der Waals surface area contributed by atoms with Gasteiger partial charge < -0.3 is 10.4 Å². The standard InChI is InChI=1S/C7H11NO3/c9-6(3-5-1-2-5)8-4-7(10)11/h5H,1-4H2,(H,8,9)(H,10,11). The molecule has 0 aromatic carbocycles. The lowest BCUT2D eigenvalue weighted by molar-refractivity contribution is -0.138. The molecule has 11 heavy (non-hydrogen) atoms. The van der Waals surface area contributed by atoms with Gasteiger partial charge >= 0.3 is 5.97 Å². The van der Waals surface area contributed by atoms with Crippen LogP contribution in [0.2, 0.25) is 0 Å². The molecule has 0 saturated heterocycles. The molecule has 1 aliphatic rings. The highest BCUT2D eigenvalue weighted by molar-refractivity contribution is 5.81. The average molecular weight is 157 g/mol. The van der Waals surface area contributed by atoms with Crippen LogP contribution in [0.15, 0.2) is 0 Å². The number of hydrogen-bond acceptors (Lipinski definition) is 2. The van der Waals surface area contributed by atoms with E-state index < -0.39 is 5.97 Å². The third-order valence-electron chi connectivity index (χ3n) is 1.61. The van der Waals surface area contributed by atoms with Crippen molar-refractivity contribution in [3.8, 4) is 0 Å². The van der Waals surface area contributed by atoms with Crippen molar-refractivity contribution in [2.45, 2.75) is 19.3 Å². The zero-order valence-electron chi connectivity index (χ0n) is 6.17. The zero-order valence-corrected chi connectivity index (χ0v) is 6.17. The first-order valence-corrected chi connectivity index (χ1v) is 3.67. The van der Waals surface area contributed by atoms with Crippen molar-refractivity contribution >= 4 is 11.9 Å². The van der Waals surface area contributed by atoms with E-state index in [2.05, 4.69) is 5.32 Å². The first-order chi connectivity index (χ1) is 5.18. The predicted octanol–water partition coefficient (Wildman–Crippen LogP) is -0.0127. The summed E-state index contributed by atoms with van der Waals surface area (Å²) in [5.41, 5.74) is 0. The minimum Gasteiger partial charge on any atom is -0.480 e. The first-order valence-electron chi connectivity index (χ1n) is 3.67. The second-order valence-electron chi connectivity index (χ2n) is 2.82. The van der Waals surface area contributed by atoms with Gasteiger partial charge in [-0.15, -0.1) is 0 Å². The summed E-state index contributed by atoms with van der Waals surface area (Å²) < 4.78 is 0. The van der Waals surface area contributed by atoms with Crippen molar-refractivity contribution in [3.63, 3.8) is 0 Å². The van der Waals surface area contributed by atoms with Gasteiger partial charge in [-0.05, 0) is 18.8 Å². The topological polar surface area (TPSA) is 66.4 Å². The summed E-state index contributed by atoms with van der Waals surface area (Å²) in [5, 5.41) is 10.5. The van der Waals surface area contributed by atoms with E-state index in [0.29, 0.717) is 12.3 Å². The van der Waals surface area contributed by atoms with E-state index in [1.54, 1.807) is 0 Å². The second kappa shape index (κ2) is 3.37. The molecule has 62 valence electrons. The molecular weight excluding hydrogens is 146 g/mol. The molecule has 0 unspecified atom stereocenters. The summed E-state index contributed by atoms with van der Waals surface area (Å²) in [6.45, 7) is -0.258. The van der Waals surface area contributed by atoms with Crippen LogP contribution < -0.4 is 5.32 Å². The van der Waals surface area contributed by atoms with Gasteiger partial charge in [-0.1, -0.05) is 0 Å². The number of hydrogen-bond donors (Lipinski definition) is 2. The number of amides is 1. The van der Waals surface area contributed by atoms with Crippen LogP contribution in [0.1, 0.15) is 19.3 Å². The van der Waals surface area contributed by atoms with Gasteiger partial charge in [0.05, 0.1) is 0 Å². The minimum atomic E-state index is -0.992. The van der Waals surface area contributed by atoms with Gasteiger partial charge in [-0.25, -0.2) is 0 Å². The van der Waals surface area contributed by atoms with E-state index in [9.17, 15) is 9.59 Å². The molecular formula is C7H11NO3. The maximum absolute atomic E-state index is 10.8. The molecule has 0 spiro atoms. The minimum absolute atomic E-state index is 0.144. The molecule has 0 heterocycles. The number of carbonyl (C=O) groups excluding carboxylic acids is 1. The van der Waals surface area contributed by atoms with Crippen molar-refractivity contribution in [1.82, 2.24) is 5.32 Å². The molecule has 1 aliphatic carbocycles. The maximum Gasteiger partial charge on any atom is 0.322 e. The molecule has 1 rings (SSSR count). The largest absolute Gasteiger partial charge is 0.480 e. The van der Waals surface area contributed by atoms with E-state index in [1.165, 1.54) is 0 Å². The summed E-state index contributed by atoms with van der Waals surface area (Å²) in [6.07, 6.45) is 2.72. The van der Waals surface area contributed by atoms with Gasteiger partial charge in [0.15, 0.2) is 0 Å².